The van der Waals surface area contributed by atoms with E-state index in [9.17, 15) is 13.2 Å². The van der Waals surface area contributed by atoms with Crippen LogP contribution >= 0.6 is 0 Å². The molecule has 1 unspecified atom stereocenters. The van der Waals surface area contributed by atoms with Crippen LogP contribution in [0.3, 0.4) is 0 Å². The van der Waals surface area contributed by atoms with Crippen molar-refractivity contribution in [2.24, 2.45) is 0 Å². The van der Waals surface area contributed by atoms with Crippen molar-refractivity contribution in [2.75, 3.05) is 26.3 Å². The van der Waals surface area contributed by atoms with E-state index >= 15 is 0 Å². The molecule has 2 heterocycles. The molecule has 100 valence electrons. The Morgan fingerprint density at radius 1 is 1.50 bits per heavy atom. The van der Waals surface area contributed by atoms with E-state index < -0.39 is 11.9 Å². The number of rotatable bonds is 3. The van der Waals surface area contributed by atoms with Gasteiger partial charge in [-0.2, -0.15) is 18.2 Å². The van der Waals surface area contributed by atoms with Crippen molar-refractivity contribution in [1.82, 2.24) is 15.3 Å². The minimum atomic E-state index is -4.50. The van der Waals surface area contributed by atoms with Crippen molar-refractivity contribution in [3.63, 3.8) is 0 Å². The largest absolute Gasteiger partial charge is 0.461 e. The number of nitrogens with one attached hydrogen (secondary N) is 1. The Balaban J connectivity index is 1.92. The first-order valence-corrected chi connectivity index (χ1v) is 5.41. The van der Waals surface area contributed by atoms with Crippen molar-refractivity contribution < 1.29 is 22.6 Å². The van der Waals surface area contributed by atoms with Gasteiger partial charge in [-0.25, -0.2) is 4.98 Å². The number of aromatic nitrogens is 2. The summed E-state index contributed by atoms with van der Waals surface area (Å²) in [6.45, 7) is 2.03. The fourth-order valence-corrected chi connectivity index (χ4v) is 1.46. The van der Waals surface area contributed by atoms with Crippen LogP contribution in [-0.4, -0.2) is 42.4 Å². The predicted octanol–water partition coefficient (Wildman–Crippen LogP) is 0.863. The molecule has 1 saturated heterocycles. The summed E-state index contributed by atoms with van der Waals surface area (Å²) in [6.07, 6.45) is -3.67. The Bertz CT molecular complexity index is 394. The summed E-state index contributed by atoms with van der Waals surface area (Å²) in [5.41, 5.74) is -1.02. The van der Waals surface area contributed by atoms with Crippen LogP contribution in [0, 0.1) is 0 Å². The van der Waals surface area contributed by atoms with Gasteiger partial charge in [0.15, 0.2) is 5.69 Å². The van der Waals surface area contributed by atoms with Crippen molar-refractivity contribution in [1.29, 1.82) is 0 Å². The molecule has 0 spiro atoms. The smallest absolute Gasteiger partial charge is 0.433 e. The first-order chi connectivity index (χ1) is 8.55. The highest BCUT2D eigenvalue weighted by Crippen LogP contribution is 2.27. The Kier molecular flexibility index (Phi) is 3.97. The summed E-state index contributed by atoms with van der Waals surface area (Å²) in [5, 5.41) is 3.08. The number of hydrogen-bond acceptors (Lipinski definition) is 5. The SMILES string of the molecule is FC(F)(F)c1ccnc(OCC2CNCCO2)n1. The standard InChI is InChI=1S/C10H12F3N3O2/c11-10(12,13)8-1-2-15-9(16-8)18-6-7-5-14-3-4-17-7/h1-2,7,14H,3-6H2. The lowest BCUT2D eigenvalue weighted by atomic mass is 10.3. The average molecular weight is 263 g/mol. The van der Waals surface area contributed by atoms with Crippen LogP contribution in [0.4, 0.5) is 13.2 Å². The van der Waals surface area contributed by atoms with Gasteiger partial charge in [-0.1, -0.05) is 0 Å². The molecule has 0 aliphatic carbocycles. The molecule has 1 aromatic rings. The number of alkyl halides is 3. The van der Waals surface area contributed by atoms with Gasteiger partial charge in [-0.3, -0.25) is 0 Å². The molecule has 0 radical (unpaired) electrons. The topological polar surface area (TPSA) is 56.3 Å². The second-order valence-electron chi connectivity index (χ2n) is 3.73. The van der Waals surface area contributed by atoms with E-state index in [4.69, 9.17) is 9.47 Å². The third-order valence-corrected chi connectivity index (χ3v) is 2.33. The molecule has 1 N–H and O–H groups in total. The van der Waals surface area contributed by atoms with E-state index in [0.29, 0.717) is 13.2 Å². The van der Waals surface area contributed by atoms with Gasteiger partial charge in [0.25, 0.3) is 0 Å². The normalized spacial score (nSPS) is 20.7. The minimum absolute atomic E-state index is 0.119. The summed E-state index contributed by atoms with van der Waals surface area (Å²) >= 11 is 0. The van der Waals surface area contributed by atoms with Crippen molar-refractivity contribution in [3.05, 3.63) is 18.0 Å². The third kappa shape index (κ3) is 3.54. The molecule has 1 aliphatic heterocycles. The lowest BCUT2D eigenvalue weighted by Crippen LogP contribution is -2.41. The van der Waals surface area contributed by atoms with Crippen LogP contribution in [0.25, 0.3) is 0 Å². The molecule has 0 saturated carbocycles. The summed E-state index contributed by atoms with van der Waals surface area (Å²) in [5.74, 6) is 0. The molecule has 18 heavy (non-hydrogen) atoms. The Hall–Kier alpha value is -1.41. The van der Waals surface area contributed by atoms with E-state index in [1.54, 1.807) is 0 Å². The zero-order chi connectivity index (χ0) is 13.0. The van der Waals surface area contributed by atoms with Crippen LogP contribution < -0.4 is 10.1 Å². The highest BCUT2D eigenvalue weighted by Gasteiger charge is 2.33. The third-order valence-electron chi connectivity index (χ3n) is 2.33. The van der Waals surface area contributed by atoms with Gasteiger partial charge in [-0.15, -0.1) is 0 Å². The average Bonchev–Trinajstić information content (AvgIpc) is 2.37. The maximum absolute atomic E-state index is 12.4. The van der Waals surface area contributed by atoms with Crippen molar-refractivity contribution in [3.8, 4) is 6.01 Å². The highest BCUT2D eigenvalue weighted by atomic mass is 19.4. The van der Waals surface area contributed by atoms with Gasteiger partial charge in [0.05, 0.1) is 6.61 Å². The fourth-order valence-electron chi connectivity index (χ4n) is 1.46. The van der Waals surface area contributed by atoms with E-state index in [1.807, 2.05) is 0 Å². The minimum Gasteiger partial charge on any atom is -0.461 e. The molecular formula is C10H12F3N3O2. The number of morpholine rings is 1. The van der Waals surface area contributed by atoms with Gasteiger partial charge >= 0.3 is 12.2 Å². The molecular weight excluding hydrogens is 251 g/mol. The second-order valence-corrected chi connectivity index (χ2v) is 3.73. The van der Waals surface area contributed by atoms with E-state index in [0.717, 1.165) is 18.8 Å². The van der Waals surface area contributed by atoms with Gasteiger partial charge in [0, 0.05) is 19.3 Å². The zero-order valence-electron chi connectivity index (χ0n) is 9.41. The van der Waals surface area contributed by atoms with Crippen LogP contribution in [-0.2, 0) is 10.9 Å². The molecule has 1 aromatic heterocycles. The molecule has 0 bridgehead atoms. The number of ether oxygens (including phenoxy) is 2. The van der Waals surface area contributed by atoms with Gasteiger partial charge < -0.3 is 14.8 Å². The second kappa shape index (κ2) is 5.49. The quantitative estimate of drug-likeness (QED) is 0.876. The summed E-state index contributed by atoms with van der Waals surface area (Å²) in [6, 6.07) is 0.505. The highest BCUT2D eigenvalue weighted by molar-refractivity contribution is 5.08. The summed E-state index contributed by atoms with van der Waals surface area (Å²) in [4.78, 5) is 6.92. The van der Waals surface area contributed by atoms with Crippen LogP contribution in [0.1, 0.15) is 5.69 Å². The number of hydrogen-bond donors (Lipinski definition) is 1. The maximum Gasteiger partial charge on any atom is 0.433 e. The zero-order valence-corrected chi connectivity index (χ0v) is 9.41. The first kappa shape index (κ1) is 13.0. The molecule has 1 fully saturated rings. The Morgan fingerprint density at radius 2 is 2.33 bits per heavy atom. The lowest BCUT2D eigenvalue weighted by molar-refractivity contribution is -0.141. The van der Waals surface area contributed by atoms with Crippen LogP contribution in [0.15, 0.2) is 12.3 Å². The molecule has 8 heteroatoms. The van der Waals surface area contributed by atoms with Gasteiger partial charge in [0.1, 0.15) is 12.7 Å². The molecule has 5 nitrogen and oxygen atoms in total. The van der Waals surface area contributed by atoms with Crippen molar-refractivity contribution in [2.45, 2.75) is 12.3 Å². The lowest BCUT2D eigenvalue weighted by Gasteiger charge is -2.23. The van der Waals surface area contributed by atoms with Crippen LogP contribution in [0.2, 0.25) is 0 Å². The Morgan fingerprint density at radius 3 is 3.00 bits per heavy atom. The van der Waals surface area contributed by atoms with Gasteiger partial charge in [-0.05, 0) is 6.07 Å². The molecule has 0 aromatic carbocycles. The van der Waals surface area contributed by atoms with E-state index in [-0.39, 0.29) is 18.7 Å². The Labute approximate surface area is 101 Å². The predicted molar refractivity (Wildman–Crippen MR) is 55.1 cm³/mol. The monoisotopic (exact) mass is 263 g/mol. The summed E-state index contributed by atoms with van der Waals surface area (Å²) in [7, 11) is 0. The number of halogens is 3. The molecule has 2 rings (SSSR count). The van der Waals surface area contributed by atoms with E-state index in [2.05, 4.69) is 15.3 Å². The maximum atomic E-state index is 12.4. The molecule has 1 aliphatic rings. The molecule has 0 amide bonds. The summed E-state index contributed by atoms with van der Waals surface area (Å²) < 4.78 is 47.6. The van der Waals surface area contributed by atoms with Crippen molar-refractivity contribution >= 4 is 0 Å². The van der Waals surface area contributed by atoms with Gasteiger partial charge in [0.2, 0.25) is 0 Å². The van der Waals surface area contributed by atoms with Crippen LogP contribution in [0.5, 0.6) is 6.01 Å². The first-order valence-electron chi connectivity index (χ1n) is 5.41. The van der Waals surface area contributed by atoms with E-state index in [1.165, 1.54) is 0 Å². The fraction of sp³-hybridized carbons (Fsp3) is 0.600. The number of nitrogens with zero attached hydrogens (tertiary/aromatic N) is 2. The molecule has 1 atom stereocenters.